The number of aromatic hydroxyl groups is 1. The molecule has 4 amide bonds. The second-order valence-corrected chi connectivity index (χ2v) is 15.5. The number of pyridine rings is 1. The van der Waals surface area contributed by atoms with Gasteiger partial charge in [0, 0.05) is 75.0 Å². The Morgan fingerprint density at radius 2 is 1.66 bits per heavy atom. The molecule has 4 aliphatic rings. The Hall–Kier alpha value is -5.59. The minimum absolute atomic E-state index is 0.0484. The van der Waals surface area contributed by atoms with Gasteiger partial charge in [0.25, 0.3) is 17.4 Å². The van der Waals surface area contributed by atoms with E-state index in [4.69, 9.17) is 16.6 Å². The molecule has 3 aliphatic heterocycles. The van der Waals surface area contributed by atoms with Gasteiger partial charge in [-0.1, -0.05) is 17.7 Å². The number of alkyl halides is 5. The van der Waals surface area contributed by atoms with E-state index in [0.717, 1.165) is 16.6 Å². The Balaban J connectivity index is 1.10. The van der Waals surface area contributed by atoms with Gasteiger partial charge in [0.1, 0.15) is 12.3 Å². The van der Waals surface area contributed by atoms with Crippen LogP contribution in [0.15, 0.2) is 47.4 Å². The van der Waals surface area contributed by atoms with Crippen LogP contribution in [0, 0.1) is 0 Å². The van der Waals surface area contributed by atoms with Crippen molar-refractivity contribution in [1.82, 2.24) is 38.8 Å². The first kappa shape index (κ1) is 39.2. The van der Waals surface area contributed by atoms with Gasteiger partial charge in [-0.3, -0.25) is 14.4 Å². The zero-order valence-electron chi connectivity index (χ0n) is 30.9. The second kappa shape index (κ2) is 14.7. The van der Waals surface area contributed by atoms with Gasteiger partial charge < -0.3 is 29.7 Å². The van der Waals surface area contributed by atoms with Crippen molar-refractivity contribution >= 4 is 46.5 Å². The number of halogens is 6. The predicted molar refractivity (Wildman–Crippen MR) is 199 cm³/mol. The number of anilines is 1. The molecule has 2 fully saturated rings. The summed E-state index contributed by atoms with van der Waals surface area (Å²) < 4.78 is 70.0. The van der Waals surface area contributed by atoms with Gasteiger partial charge in [-0.2, -0.15) is 22.7 Å². The third-order valence-electron chi connectivity index (χ3n) is 11.6. The Bertz CT molecular complexity index is 2410. The molecule has 58 heavy (non-hydrogen) atoms. The predicted octanol–water partition coefficient (Wildman–Crippen LogP) is 5.36. The summed E-state index contributed by atoms with van der Waals surface area (Å²) in [5.74, 6) is -3.90. The first-order chi connectivity index (χ1) is 27.5. The van der Waals surface area contributed by atoms with Gasteiger partial charge >= 0.3 is 12.2 Å². The first-order valence-corrected chi connectivity index (χ1v) is 19.2. The number of nitrogens with one attached hydrogen (secondary N) is 1. The standard InChI is InChI=1S/C38H37ClF5N9O5/c39-24-20-23(38(42,43)44)3-4-25(24)46-28(55)21-52-26-5-8-36(9-16-49(17-10-36)33(57)30-27(54)2-1-13-45-30)29(26)32(56)53-34(52)47-31(48-53)22-6-14-50(15-7-22)35(58)51-18-11-37(40,41)12-19-51/h1-4,6,13,20,54H,5,7-12,14-19,21H2,(H,46,55). The van der Waals surface area contributed by atoms with E-state index in [2.05, 4.69) is 15.4 Å². The van der Waals surface area contributed by atoms with Gasteiger partial charge in [0.2, 0.25) is 11.7 Å². The highest BCUT2D eigenvalue weighted by molar-refractivity contribution is 6.33. The van der Waals surface area contributed by atoms with E-state index in [-0.39, 0.29) is 79.1 Å². The maximum Gasteiger partial charge on any atom is 0.416 e. The summed E-state index contributed by atoms with van der Waals surface area (Å²) in [5.41, 5.74) is -0.669. The van der Waals surface area contributed by atoms with Gasteiger partial charge in [0.15, 0.2) is 11.5 Å². The number of piperidine rings is 2. The number of nitrogens with zero attached hydrogens (tertiary/aromatic N) is 8. The molecule has 6 heterocycles. The van der Waals surface area contributed by atoms with Crippen LogP contribution < -0.4 is 10.9 Å². The van der Waals surface area contributed by atoms with Gasteiger partial charge in [-0.15, -0.1) is 5.10 Å². The molecular weight excluding hydrogens is 793 g/mol. The number of benzene rings is 1. The number of carbonyl (C=O) groups is 3. The molecule has 1 spiro atoms. The van der Waals surface area contributed by atoms with Crippen LogP contribution in [-0.2, 0) is 29.4 Å². The topological polar surface area (TPSA) is 158 Å². The summed E-state index contributed by atoms with van der Waals surface area (Å²) in [6.45, 7) is 0.406. The zero-order chi connectivity index (χ0) is 41.1. The fourth-order valence-electron chi connectivity index (χ4n) is 8.42. The summed E-state index contributed by atoms with van der Waals surface area (Å²) in [4.78, 5) is 67.8. The molecule has 0 atom stereocenters. The van der Waals surface area contributed by atoms with Crippen LogP contribution in [0.3, 0.4) is 0 Å². The molecule has 20 heteroatoms. The molecule has 0 radical (unpaired) electrons. The summed E-state index contributed by atoms with van der Waals surface area (Å²) >= 11 is 6.15. The lowest BCUT2D eigenvalue weighted by atomic mass is 9.74. The van der Waals surface area contributed by atoms with E-state index >= 15 is 0 Å². The molecule has 8 rings (SSSR count). The van der Waals surface area contributed by atoms with Crippen LogP contribution in [0.5, 0.6) is 5.75 Å². The maximum atomic E-state index is 14.5. The van der Waals surface area contributed by atoms with Crippen molar-refractivity contribution in [3.8, 4) is 5.75 Å². The third kappa shape index (κ3) is 7.24. The van der Waals surface area contributed by atoms with Crippen LogP contribution >= 0.6 is 11.6 Å². The number of hydrogen-bond donors (Lipinski definition) is 2. The van der Waals surface area contributed by atoms with E-state index in [0.29, 0.717) is 55.0 Å². The molecule has 306 valence electrons. The first-order valence-electron chi connectivity index (χ1n) is 18.8. The molecule has 0 bridgehead atoms. The molecule has 2 N–H and O–H groups in total. The number of rotatable bonds is 5. The van der Waals surface area contributed by atoms with Crippen molar-refractivity contribution in [2.45, 2.75) is 69.0 Å². The van der Waals surface area contributed by atoms with Gasteiger partial charge in [0.05, 0.1) is 16.3 Å². The number of carbonyl (C=O) groups excluding carboxylic acids is 3. The largest absolute Gasteiger partial charge is 0.505 e. The third-order valence-corrected chi connectivity index (χ3v) is 11.9. The molecule has 1 aliphatic carbocycles. The summed E-state index contributed by atoms with van der Waals surface area (Å²) in [5, 5.41) is 17.1. The van der Waals surface area contributed by atoms with Crippen LogP contribution in [0.25, 0.3) is 11.4 Å². The van der Waals surface area contributed by atoms with Gasteiger partial charge in [-0.05, 0) is 68.0 Å². The highest BCUT2D eigenvalue weighted by Gasteiger charge is 2.47. The lowest BCUT2D eigenvalue weighted by molar-refractivity contribution is -0.137. The number of aromatic nitrogens is 5. The second-order valence-electron chi connectivity index (χ2n) is 15.1. The summed E-state index contributed by atoms with van der Waals surface area (Å²) in [6.07, 6.45) is -0.331. The van der Waals surface area contributed by atoms with Crippen molar-refractivity contribution in [1.29, 1.82) is 0 Å². The minimum atomic E-state index is -4.64. The molecule has 3 aromatic heterocycles. The smallest absolute Gasteiger partial charge is 0.416 e. The lowest BCUT2D eigenvalue weighted by Gasteiger charge is -2.39. The normalized spacial score (nSPS) is 19.0. The van der Waals surface area contributed by atoms with Crippen molar-refractivity contribution in [2.24, 2.45) is 0 Å². The highest BCUT2D eigenvalue weighted by atomic mass is 35.5. The van der Waals surface area contributed by atoms with Crippen LogP contribution in [0.1, 0.15) is 71.7 Å². The van der Waals surface area contributed by atoms with E-state index in [1.807, 2.05) is 0 Å². The molecule has 2 saturated heterocycles. The SMILES string of the molecule is O=C(Cn1c2c(c(=O)n3nc(C4=CCN(C(=O)N5CCC(F)(F)CC5)CC4)nc13)C1(CC2)CCN(C(=O)c2ncccc2O)CC1)Nc1ccc(C(F)(F)F)cc1Cl. The van der Waals surface area contributed by atoms with E-state index in [9.17, 15) is 46.2 Å². The summed E-state index contributed by atoms with van der Waals surface area (Å²) in [7, 11) is 0. The number of fused-ring (bicyclic) bond motifs is 3. The van der Waals surface area contributed by atoms with Crippen molar-refractivity contribution in [3.63, 3.8) is 0 Å². The average Bonchev–Trinajstić information content (AvgIpc) is 3.80. The monoisotopic (exact) mass is 829 g/mol. The fourth-order valence-corrected chi connectivity index (χ4v) is 8.65. The number of hydrogen-bond acceptors (Lipinski definition) is 8. The summed E-state index contributed by atoms with van der Waals surface area (Å²) in [6, 6.07) is 5.11. The zero-order valence-corrected chi connectivity index (χ0v) is 31.6. The van der Waals surface area contributed by atoms with Crippen molar-refractivity contribution in [3.05, 3.63) is 86.3 Å². The Labute approximate surface area is 331 Å². The van der Waals surface area contributed by atoms with E-state index in [1.54, 1.807) is 20.4 Å². The average molecular weight is 830 g/mol. The Kier molecular flexibility index (Phi) is 9.92. The number of urea groups is 1. The molecule has 0 saturated carbocycles. The Morgan fingerprint density at radius 3 is 2.31 bits per heavy atom. The number of amides is 4. The lowest BCUT2D eigenvalue weighted by Crippen LogP contribution is -2.49. The number of likely N-dealkylation sites (tertiary alicyclic amines) is 2. The van der Waals surface area contributed by atoms with E-state index in [1.165, 1.54) is 23.2 Å². The van der Waals surface area contributed by atoms with Crippen LogP contribution in [0.2, 0.25) is 5.02 Å². The van der Waals surface area contributed by atoms with Crippen LogP contribution in [-0.4, -0.2) is 107 Å². The highest BCUT2D eigenvalue weighted by Crippen LogP contribution is 2.45. The van der Waals surface area contributed by atoms with Crippen molar-refractivity contribution < 1.29 is 41.4 Å². The quantitative estimate of drug-likeness (QED) is 0.255. The van der Waals surface area contributed by atoms with Gasteiger partial charge in [-0.25, -0.2) is 18.6 Å². The minimum Gasteiger partial charge on any atom is -0.505 e. The Morgan fingerprint density at radius 1 is 0.931 bits per heavy atom. The fraction of sp³-hybridized carbons (Fsp3) is 0.447. The maximum absolute atomic E-state index is 14.5. The molecule has 4 aromatic rings. The van der Waals surface area contributed by atoms with Crippen LogP contribution in [0.4, 0.5) is 32.4 Å². The molecule has 0 unspecified atom stereocenters. The van der Waals surface area contributed by atoms with Crippen molar-refractivity contribution in [2.75, 3.05) is 44.6 Å². The molecular formula is C38H37ClF5N9O5. The van der Waals surface area contributed by atoms with E-state index < -0.39 is 59.8 Å². The molecule has 1 aromatic carbocycles. The molecule has 14 nitrogen and oxygen atoms in total.